The van der Waals surface area contributed by atoms with Crippen molar-refractivity contribution in [3.63, 3.8) is 0 Å². The van der Waals surface area contributed by atoms with Gasteiger partial charge in [-0.2, -0.15) is 0 Å². The van der Waals surface area contributed by atoms with E-state index in [-0.39, 0.29) is 5.54 Å². The smallest absolute Gasteiger partial charge is 0.149 e. The van der Waals surface area contributed by atoms with Crippen LogP contribution in [-0.4, -0.2) is 12.1 Å². The van der Waals surface area contributed by atoms with Gasteiger partial charge in [0.25, 0.3) is 0 Å². The van der Waals surface area contributed by atoms with Crippen molar-refractivity contribution in [2.24, 2.45) is 0 Å². The van der Waals surface area contributed by atoms with E-state index in [1.165, 1.54) is 5.56 Å². The second kappa shape index (κ2) is 6.32. The second-order valence-corrected chi connectivity index (χ2v) is 4.96. The first-order chi connectivity index (χ1) is 8.01. The molecule has 0 aromatic heterocycles. The van der Waals surface area contributed by atoms with E-state index in [0.717, 1.165) is 12.3 Å². The lowest BCUT2D eigenvalue weighted by Crippen LogP contribution is -2.34. The highest BCUT2D eigenvalue weighted by Crippen LogP contribution is 2.12. The molecule has 0 fully saturated rings. The van der Waals surface area contributed by atoms with Crippen LogP contribution < -0.4 is 10.1 Å². The van der Waals surface area contributed by atoms with Gasteiger partial charge in [-0.05, 0) is 45.4 Å². The quantitative estimate of drug-likeness (QED) is 0.804. The first-order valence-corrected chi connectivity index (χ1v) is 5.87. The van der Waals surface area contributed by atoms with Crippen LogP contribution in [0, 0.1) is 11.8 Å². The van der Waals surface area contributed by atoms with E-state index in [4.69, 9.17) is 4.74 Å². The Hall–Kier alpha value is -1.46. The fourth-order valence-corrected chi connectivity index (χ4v) is 1.26. The maximum atomic E-state index is 5.45. The summed E-state index contributed by atoms with van der Waals surface area (Å²) in [5.41, 5.74) is 1.40. The van der Waals surface area contributed by atoms with Crippen LogP contribution in [0.4, 0.5) is 0 Å². The molecule has 2 heteroatoms. The molecule has 0 heterocycles. The van der Waals surface area contributed by atoms with Gasteiger partial charge in [-0.25, -0.2) is 0 Å². The van der Waals surface area contributed by atoms with E-state index in [0.29, 0.717) is 6.61 Å². The van der Waals surface area contributed by atoms with E-state index in [2.05, 4.69) is 50.1 Å². The van der Waals surface area contributed by atoms with Gasteiger partial charge in [-0.3, -0.25) is 0 Å². The first-order valence-electron chi connectivity index (χ1n) is 5.87. The van der Waals surface area contributed by atoms with Crippen LogP contribution in [-0.2, 0) is 6.54 Å². The SMILES string of the molecule is CC#CCOc1ccc(CNC(C)(C)C)cc1. The summed E-state index contributed by atoms with van der Waals surface area (Å²) in [7, 11) is 0. The van der Waals surface area contributed by atoms with Gasteiger partial charge in [0.05, 0.1) is 0 Å². The van der Waals surface area contributed by atoms with Gasteiger partial charge in [0, 0.05) is 12.1 Å². The van der Waals surface area contributed by atoms with Crippen molar-refractivity contribution in [1.29, 1.82) is 0 Å². The van der Waals surface area contributed by atoms with Crippen LogP contribution in [0.2, 0.25) is 0 Å². The molecule has 0 saturated heterocycles. The Balaban J connectivity index is 2.46. The van der Waals surface area contributed by atoms with Crippen molar-refractivity contribution in [3.05, 3.63) is 29.8 Å². The topological polar surface area (TPSA) is 21.3 Å². The lowest BCUT2D eigenvalue weighted by Gasteiger charge is -2.20. The Bertz CT molecular complexity index is 390. The molecular weight excluding hydrogens is 210 g/mol. The maximum absolute atomic E-state index is 5.45. The number of hydrogen-bond acceptors (Lipinski definition) is 2. The molecule has 0 unspecified atom stereocenters. The van der Waals surface area contributed by atoms with Crippen LogP contribution in [0.25, 0.3) is 0 Å². The molecule has 0 radical (unpaired) electrons. The third-order valence-electron chi connectivity index (χ3n) is 2.23. The molecule has 0 aliphatic heterocycles. The predicted molar refractivity (Wildman–Crippen MR) is 72.0 cm³/mol. The minimum Gasteiger partial charge on any atom is -0.481 e. The molecule has 1 aromatic carbocycles. The largest absolute Gasteiger partial charge is 0.481 e. The number of ether oxygens (including phenoxy) is 1. The molecule has 0 aliphatic carbocycles. The van der Waals surface area contributed by atoms with Crippen molar-refractivity contribution in [3.8, 4) is 17.6 Å². The summed E-state index contributed by atoms with van der Waals surface area (Å²) >= 11 is 0. The normalized spacial score (nSPS) is 10.6. The molecule has 0 atom stereocenters. The molecule has 0 amide bonds. The summed E-state index contributed by atoms with van der Waals surface area (Å²) in [6, 6.07) is 8.12. The zero-order valence-corrected chi connectivity index (χ0v) is 11.1. The molecule has 1 N–H and O–H groups in total. The highest BCUT2D eigenvalue weighted by atomic mass is 16.5. The summed E-state index contributed by atoms with van der Waals surface area (Å²) in [6.07, 6.45) is 0. The Labute approximate surface area is 104 Å². The Morgan fingerprint density at radius 1 is 1.18 bits per heavy atom. The summed E-state index contributed by atoms with van der Waals surface area (Å²) in [6.45, 7) is 9.62. The standard InChI is InChI=1S/C15H21NO/c1-5-6-11-17-14-9-7-13(8-10-14)12-16-15(2,3)4/h7-10,16H,11-12H2,1-4H3. The molecule has 1 aromatic rings. The van der Waals surface area contributed by atoms with Crippen molar-refractivity contribution < 1.29 is 4.74 Å². The lowest BCUT2D eigenvalue weighted by atomic mass is 10.1. The predicted octanol–water partition coefficient (Wildman–Crippen LogP) is 2.98. The molecule has 0 bridgehead atoms. The maximum Gasteiger partial charge on any atom is 0.149 e. The third-order valence-corrected chi connectivity index (χ3v) is 2.23. The number of nitrogens with one attached hydrogen (secondary N) is 1. The van der Waals surface area contributed by atoms with Gasteiger partial charge in [-0.15, -0.1) is 5.92 Å². The number of benzene rings is 1. The third kappa shape index (κ3) is 5.99. The van der Waals surface area contributed by atoms with Gasteiger partial charge in [-0.1, -0.05) is 18.1 Å². The zero-order valence-electron chi connectivity index (χ0n) is 11.1. The summed E-state index contributed by atoms with van der Waals surface area (Å²) < 4.78 is 5.45. The monoisotopic (exact) mass is 231 g/mol. The van der Waals surface area contributed by atoms with Crippen molar-refractivity contribution in [1.82, 2.24) is 5.32 Å². The molecule has 92 valence electrons. The molecule has 0 aliphatic rings. The Morgan fingerprint density at radius 2 is 1.82 bits per heavy atom. The van der Waals surface area contributed by atoms with Gasteiger partial charge in [0.2, 0.25) is 0 Å². The van der Waals surface area contributed by atoms with Crippen molar-refractivity contribution in [2.75, 3.05) is 6.61 Å². The molecular formula is C15H21NO. The van der Waals surface area contributed by atoms with E-state index in [9.17, 15) is 0 Å². The molecule has 0 saturated carbocycles. The second-order valence-electron chi connectivity index (χ2n) is 4.96. The van der Waals surface area contributed by atoms with Gasteiger partial charge >= 0.3 is 0 Å². The molecule has 17 heavy (non-hydrogen) atoms. The van der Waals surface area contributed by atoms with Gasteiger partial charge in [0.1, 0.15) is 12.4 Å². The van der Waals surface area contributed by atoms with E-state index in [1.807, 2.05) is 19.1 Å². The van der Waals surface area contributed by atoms with Crippen molar-refractivity contribution in [2.45, 2.75) is 39.8 Å². The van der Waals surface area contributed by atoms with Crippen LogP contribution in [0.15, 0.2) is 24.3 Å². The Kier molecular flexibility index (Phi) is 5.06. The summed E-state index contributed by atoms with van der Waals surface area (Å²) in [5, 5.41) is 3.45. The first kappa shape index (κ1) is 13.6. The average molecular weight is 231 g/mol. The van der Waals surface area contributed by atoms with Crippen LogP contribution >= 0.6 is 0 Å². The van der Waals surface area contributed by atoms with E-state index < -0.39 is 0 Å². The van der Waals surface area contributed by atoms with E-state index in [1.54, 1.807) is 0 Å². The molecule has 1 rings (SSSR count). The minimum atomic E-state index is 0.145. The lowest BCUT2D eigenvalue weighted by molar-refractivity contribution is 0.370. The van der Waals surface area contributed by atoms with Gasteiger partial charge in [0.15, 0.2) is 0 Å². The fraction of sp³-hybridized carbons (Fsp3) is 0.467. The number of rotatable bonds is 4. The Morgan fingerprint density at radius 3 is 2.35 bits per heavy atom. The van der Waals surface area contributed by atoms with E-state index >= 15 is 0 Å². The zero-order chi connectivity index (χ0) is 12.7. The van der Waals surface area contributed by atoms with Gasteiger partial charge < -0.3 is 10.1 Å². The highest BCUT2D eigenvalue weighted by Gasteiger charge is 2.07. The summed E-state index contributed by atoms with van der Waals surface area (Å²) in [4.78, 5) is 0. The van der Waals surface area contributed by atoms with Crippen LogP contribution in [0.5, 0.6) is 5.75 Å². The van der Waals surface area contributed by atoms with Crippen molar-refractivity contribution >= 4 is 0 Å². The number of hydrogen-bond donors (Lipinski definition) is 1. The minimum absolute atomic E-state index is 0.145. The molecule has 2 nitrogen and oxygen atoms in total. The molecule has 0 spiro atoms. The van der Waals surface area contributed by atoms with Crippen LogP contribution in [0.1, 0.15) is 33.3 Å². The fourth-order valence-electron chi connectivity index (χ4n) is 1.26. The highest BCUT2D eigenvalue weighted by molar-refractivity contribution is 5.27. The summed E-state index contributed by atoms with van der Waals surface area (Å²) in [5.74, 6) is 6.54. The average Bonchev–Trinajstić information content (AvgIpc) is 2.27. The van der Waals surface area contributed by atoms with Crippen LogP contribution in [0.3, 0.4) is 0 Å².